The van der Waals surface area contributed by atoms with Gasteiger partial charge in [0.15, 0.2) is 0 Å². The van der Waals surface area contributed by atoms with Crippen LogP contribution in [0.4, 0.5) is 0 Å². The number of carbonyl (C=O) groups is 2. The number of esters is 1. The maximum Gasteiger partial charge on any atom is 0.441 e. The first-order chi connectivity index (χ1) is 10.6. The number of methoxy groups -OCH3 is 1. The molecule has 0 fully saturated rings. The monoisotopic (exact) mass is 298 g/mol. The summed E-state index contributed by atoms with van der Waals surface area (Å²) in [6.45, 7) is 0. The van der Waals surface area contributed by atoms with Crippen LogP contribution in [0.2, 0.25) is 0 Å². The molecule has 0 aliphatic heterocycles. The van der Waals surface area contributed by atoms with Crippen molar-refractivity contribution in [1.82, 2.24) is 0 Å². The summed E-state index contributed by atoms with van der Waals surface area (Å²) >= 11 is 0. The molecule has 6 nitrogen and oxygen atoms in total. The lowest BCUT2D eigenvalue weighted by atomic mass is 9.99. The van der Waals surface area contributed by atoms with Gasteiger partial charge in [0.05, 0.1) is 13.2 Å². The van der Waals surface area contributed by atoms with E-state index in [1.54, 1.807) is 12.1 Å². The van der Waals surface area contributed by atoms with Crippen molar-refractivity contribution in [3.63, 3.8) is 0 Å². The summed E-state index contributed by atoms with van der Waals surface area (Å²) in [7, 11) is 1.07. The molecule has 0 aliphatic rings. The van der Waals surface area contributed by atoms with E-state index in [0.717, 1.165) is 17.9 Å². The number of aliphatic hydroxyl groups is 1. The summed E-state index contributed by atoms with van der Waals surface area (Å²) in [6, 6.07) is 12.9. The fourth-order valence-corrected chi connectivity index (χ4v) is 2.11. The summed E-state index contributed by atoms with van der Waals surface area (Å²) in [5, 5.41) is 12.1. The van der Waals surface area contributed by atoms with Gasteiger partial charge in [-0.3, -0.25) is 4.79 Å². The lowest BCUT2D eigenvalue weighted by Gasteiger charge is -2.10. The minimum atomic E-state index is -1.11. The first kappa shape index (κ1) is 15.6. The average molecular weight is 298 g/mol. The van der Waals surface area contributed by atoms with Crippen molar-refractivity contribution >= 4 is 28.2 Å². The zero-order chi connectivity index (χ0) is 16.1. The minimum absolute atomic E-state index is 0.382. The van der Waals surface area contributed by atoms with Crippen molar-refractivity contribution in [2.45, 2.75) is 12.5 Å². The maximum atomic E-state index is 11.9. The van der Waals surface area contributed by atoms with Gasteiger partial charge in [-0.05, 0) is 22.4 Å². The van der Waals surface area contributed by atoms with Crippen molar-refractivity contribution in [2.75, 3.05) is 7.11 Å². The van der Waals surface area contributed by atoms with Crippen LogP contribution in [0.15, 0.2) is 42.5 Å². The highest BCUT2D eigenvalue weighted by Gasteiger charge is 2.32. The highest BCUT2D eigenvalue weighted by molar-refractivity contribution is 6.62. The second-order valence-electron chi connectivity index (χ2n) is 4.69. The van der Waals surface area contributed by atoms with Gasteiger partial charge in [-0.1, -0.05) is 36.4 Å². The van der Waals surface area contributed by atoms with Gasteiger partial charge >= 0.3 is 11.7 Å². The first-order valence-corrected chi connectivity index (χ1v) is 6.57. The van der Waals surface area contributed by atoms with E-state index in [2.05, 4.69) is 9.53 Å². The molecule has 0 saturated heterocycles. The summed E-state index contributed by atoms with van der Waals surface area (Å²) in [5.41, 5.74) is 8.51. The molecule has 0 heterocycles. The second kappa shape index (κ2) is 6.76. The van der Waals surface area contributed by atoms with Crippen molar-refractivity contribution in [2.24, 2.45) is 0 Å². The molecule has 0 aliphatic carbocycles. The molecular formula is C16H14N2O4. The molecule has 0 aromatic heterocycles. The average Bonchev–Trinajstić information content (AvgIpc) is 2.54. The molecule has 0 amide bonds. The fourth-order valence-electron chi connectivity index (χ4n) is 2.11. The van der Waals surface area contributed by atoms with Gasteiger partial charge in [-0.25, -0.2) is 4.79 Å². The Hall–Kier alpha value is -2.82. The Labute approximate surface area is 126 Å². The molecule has 0 bridgehead atoms. The molecule has 1 atom stereocenters. The van der Waals surface area contributed by atoms with Crippen LogP contribution in [0.5, 0.6) is 0 Å². The van der Waals surface area contributed by atoms with Crippen LogP contribution in [0.25, 0.3) is 16.3 Å². The molecule has 6 heteroatoms. The smallest absolute Gasteiger partial charge is 0.441 e. The number of fused-ring (bicyclic) bond motifs is 1. The molecule has 2 aromatic carbocycles. The zero-order valence-corrected chi connectivity index (χ0v) is 11.9. The molecule has 112 valence electrons. The molecule has 0 radical (unpaired) electrons. The van der Waals surface area contributed by atoms with E-state index in [0.29, 0.717) is 5.56 Å². The topological polar surface area (TPSA) is 100 Å². The Balaban J connectivity index is 2.20. The van der Waals surface area contributed by atoms with Crippen molar-refractivity contribution < 1.29 is 24.2 Å². The summed E-state index contributed by atoms with van der Waals surface area (Å²) in [5.74, 6) is -1.84. The van der Waals surface area contributed by atoms with Gasteiger partial charge in [0.25, 0.3) is 5.78 Å². The van der Waals surface area contributed by atoms with E-state index in [-0.39, 0.29) is 6.42 Å². The van der Waals surface area contributed by atoms with Gasteiger partial charge in [0.1, 0.15) is 0 Å². The number of benzene rings is 2. The van der Waals surface area contributed by atoms with Crippen molar-refractivity contribution in [3.05, 3.63) is 53.6 Å². The molecule has 2 aromatic rings. The van der Waals surface area contributed by atoms with Crippen LogP contribution in [-0.4, -0.2) is 34.5 Å². The van der Waals surface area contributed by atoms with E-state index < -0.39 is 23.6 Å². The molecule has 22 heavy (non-hydrogen) atoms. The molecule has 0 saturated carbocycles. The SMILES string of the molecule is COC(=O)C(=[N+]=[N-])C(=O)CC(O)c1ccc2ccccc2c1. The molecule has 1 N–H and O–H groups in total. The van der Waals surface area contributed by atoms with Crippen molar-refractivity contribution in [1.29, 1.82) is 0 Å². The van der Waals surface area contributed by atoms with Gasteiger partial charge in [-0.2, -0.15) is 4.79 Å². The number of aliphatic hydroxyl groups excluding tert-OH is 1. The van der Waals surface area contributed by atoms with E-state index in [1.807, 2.05) is 30.3 Å². The lowest BCUT2D eigenvalue weighted by molar-refractivity contribution is -0.140. The third kappa shape index (κ3) is 3.25. The number of rotatable bonds is 5. The van der Waals surface area contributed by atoms with E-state index in [4.69, 9.17) is 5.53 Å². The minimum Gasteiger partial charge on any atom is -0.460 e. The Bertz CT molecular complexity index is 779. The lowest BCUT2D eigenvalue weighted by Crippen LogP contribution is -2.27. The van der Waals surface area contributed by atoms with Gasteiger partial charge in [-0.15, -0.1) is 0 Å². The number of hydrogen-bond acceptors (Lipinski definition) is 4. The van der Waals surface area contributed by atoms with Crippen LogP contribution < -0.4 is 0 Å². The number of Topliss-reactive ketones (excluding diaryl/α,β-unsaturated/α-hetero) is 1. The van der Waals surface area contributed by atoms with Crippen LogP contribution >= 0.6 is 0 Å². The number of ketones is 1. The number of nitrogens with zero attached hydrogens (tertiary/aromatic N) is 2. The van der Waals surface area contributed by atoms with Crippen LogP contribution in [0.3, 0.4) is 0 Å². The molecular weight excluding hydrogens is 284 g/mol. The molecule has 2 rings (SSSR count). The Morgan fingerprint density at radius 2 is 1.91 bits per heavy atom. The highest BCUT2D eigenvalue weighted by atomic mass is 16.5. The molecule has 0 spiro atoms. The summed E-state index contributed by atoms with van der Waals surface area (Å²) < 4.78 is 4.34. The standard InChI is InChI=1S/C16H14N2O4/c1-22-16(21)15(18-17)14(20)9-13(19)12-7-6-10-4-2-3-5-11(10)8-12/h2-8,13,19H,9H2,1H3. The number of carbonyl (C=O) groups excluding carboxylic acids is 2. The quantitative estimate of drug-likeness (QED) is 0.298. The van der Waals surface area contributed by atoms with Crippen LogP contribution in [0.1, 0.15) is 18.1 Å². The summed E-state index contributed by atoms with van der Waals surface area (Å²) in [6.07, 6.45) is -1.49. The third-order valence-corrected chi connectivity index (χ3v) is 3.28. The predicted octanol–water partition coefficient (Wildman–Crippen LogP) is 1.68. The van der Waals surface area contributed by atoms with Gasteiger partial charge < -0.3 is 15.4 Å². The fraction of sp³-hybridized carbons (Fsp3) is 0.188. The van der Waals surface area contributed by atoms with E-state index in [9.17, 15) is 14.7 Å². The largest absolute Gasteiger partial charge is 0.460 e. The Kier molecular flexibility index (Phi) is 4.78. The molecule has 1 unspecified atom stereocenters. The second-order valence-corrected chi connectivity index (χ2v) is 4.69. The predicted molar refractivity (Wildman–Crippen MR) is 79.2 cm³/mol. The highest BCUT2D eigenvalue weighted by Crippen LogP contribution is 2.22. The number of ether oxygens (including phenoxy) is 1. The third-order valence-electron chi connectivity index (χ3n) is 3.28. The maximum absolute atomic E-state index is 11.9. The van der Waals surface area contributed by atoms with E-state index >= 15 is 0 Å². The normalized spacial score (nSPS) is 11.5. The van der Waals surface area contributed by atoms with Crippen LogP contribution in [0, 0.1) is 0 Å². The van der Waals surface area contributed by atoms with Gasteiger partial charge in [0.2, 0.25) is 0 Å². The van der Waals surface area contributed by atoms with Gasteiger partial charge in [0, 0.05) is 6.42 Å². The Morgan fingerprint density at radius 3 is 2.55 bits per heavy atom. The zero-order valence-electron chi connectivity index (χ0n) is 11.9. The Morgan fingerprint density at radius 1 is 1.23 bits per heavy atom. The summed E-state index contributed by atoms with van der Waals surface area (Å²) in [4.78, 5) is 25.8. The first-order valence-electron chi connectivity index (χ1n) is 6.57. The number of hydrogen-bond donors (Lipinski definition) is 1. The van der Waals surface area contributed by atoms with Crippen molar-refractivity contribution in [3.8, 4) is 0 Å². The van der Waals surface area contributed by atoms with E-state index in [1.165, 1.54) is 0 Å². The van der Waals surface area contributed by atoms with Crippen LogP contribution in [-0.2, 0) is 14.3 Å².